The Bertz CT molecular complexity index is 808. The van der Waals surface area contributed by atoms with Crippen LogP contribution in [0.2, 0.25) is 0 Å². The van der Waals surface area contributed by atoms with Crippen molar-refractivity contribution in [2.24, 2.45) is 0 Å². The summed E-state index contributed by atoms with van der Waals surface area (Å²) in [7, 11) is 0. The zero-order chi connectivity index (χ0) is 16.9. The quantitative estimate of drug-likeness (QED) is 0.735. The highest BCUT2D eigenvalue weighted by atomic mass is 32.1. The summed E-state index contributed by atoms with van der Waals surface area (Å²) in [6.45, 7) is 4.10. The Hall–Kier alpha value is -2.73. The molecule has 0 fully saturated rings. The van der Waals surface area contributed by atoms with Gasteiger partial charge in [0.15, 0.2) is 11.6 Å². The smallest absolute Gasteiger partial charge is 0.230 e. The molecule has 0 aliphatic rings. The molecule has 3 aromatic rings. The van der Waals surface area contributed by atoms with Crippen LogP contribution in [0.5, 0.6) is 0 Å². The van der Waals surface area contributed by atoms with Crippen LogP contribution in [0.15, 0.2) is 47.8 Å². The van der Waals surface area contributed by atoms with Crippen molar-refractivity contribution < 1.29 is 4.79 Å². The molecule has 24 heavy (non-hydrogen) atoms. The van der Waals surface area contributed by atoms with Crippen LogP contribution in [0.3, 0.4) is 0 Å². The predicted octanol–water partition coefficient (Wildman–Crippen LogP) is 4.08. The lowest BCUT2D eigenvalue weighted by atomic mass is 10.1. The molecule has 0 saturated carbocycles. The van der Waals surface area contributed by atoms with E-state index in [0.29, 0.717) is 18.1 Å². The second-order valence-electron chi connectivity index (χ2n) is 5.61. The zero-order valence-corrected chi connectivity index (χ0v) is 14.4. The summed E-state index contributed by atoms with van der Waals surface area (Å²) in [6.07, 6.45) is 0.349. The first-order chi connectivity index (χ1) is 11.6. The minimum Gasteiger partial charge on any atom is -0.339 e. The van der Waals surface area contributed by atoms with Crippen LogP contribution in [0, 0.1) is 13.8 Å². The number of carbonyl (C=O) groups excluding carboxylic acids is 1. The standard InChI is InChI=1S/C18H18N4OS/c1-12-8-13(2)10-14(9-12)19-16-5-6-17(22-21-16)20-18(23)11-15-4-3-7-24-15/h3-10H,11H2,1-2H3,(H,19,21)(H,20,22,23). The van der Waals surface area contributed by atoms with Gasteiger partial charge in [0.1, 0.15) is 0 Å². The van der Waals surface area contributed by atoms with Gasteiger partial charge in [0.05, 0.1) is 6.42 Å². The van der Waals surface area contributed by atoms with Gasteiger partial charge < -0.3 is 10.6 Å². The van der Waals surface area contributed by atoms with Crippen molar-refractivity contribution in [3.8, 4) is 0 Å². The second-order valence-corrected chi connectivity index (χ2v) is 6.64. The van der Waals surface area contributed by atoms with Gasteiger partial charge in [0.25, 0.3) is 0 Å². The average molecular weight is 338 g/mol. The summed E-state index contributed by atoms with van der Waals surface area (Å²) in [5.74, 6) is 0.987. The summed E-state index contributed by atoms with van der Waals surface area (Å²) < 4.78 is 0. The van der Waals surface area contributed by atoms with Gasteiger partial charge in [0, 0.05) is 10.6 Å². The Balaban J connectivity index is 1.61. The Kier molecular flexibility index (Phi) is 4.86. The van der Waals surface area contributed by atoms with Gasteiger partial charge in [-0.1, -0.05) is 12.1 Å². The molecule has 0 radical (unpaired) electrons. The molecule has 0 saturated heterocycles. The summed E-state index contributed by atoms with van der Waals surface area (Å²) in [5.41, 5.74) is 3.34. The third-order valence-corrected chi connectivity index (χ3v) is 4.22. The van der Waals surface area contributed by atoms with Crippen molar-refractivity contribution >= 4 is 34.6 Å². The topological polar surface area (TPSA) is 66.9 Å². The van der Waals surface area contributed by atoms with E-state index >= 15 is 0 Å². The Morgan fingerprint density at radius 3 is 2.38 bits per heavy atom. The van der Waals surface area contributed by atoms with Crippen LogP contribution in [-0.2, 0) is 11.2 Å². The Morgan fingerprint density at radius 1 is 1.04 bits per heavy atom. The van der Waals surface area contributed by atoms with Gasteiger partial charge in [-0.3, -0.25) is 4.79 Å². The van der Waals surface area contributed by atoms with E-state index in [0.717, 1.165) is 10.6 Å². The van der Waals surface area contributed by atoms with Crippen LogP contribution in [0.25, 0.3) is 0 Å². The molecule has 6 heteroatoms. The molecule has 2 heterocycles. The predicted molar refractivity (Wildman–Crippen MR) is 97.9 cm³/mol. The maximum atomic E-state index is 11.9. The molecular formula is C18H18N4OS. The van der Waals surface area contributed by atoms with E-state index in [4.69, 9.17) is 0 Å². The summed E-state index contributed by atoms with van der Waals surface area (Å²) >= 11 is 1.56. The monoisotopic (exact) mass is 338 g/mol. The molecule has 5 nitrogen and oxygen atoms in total. The largest absolute Gasteiger partial charge is 0.339 e. The van der Waals surface area contributed by atoms with Crippen LogP contribution in [0.4, 0.5) is 17.3 Å². The molecular weight excluding hydrogens is 320 g/mol. The SMILES string of the molecule is Cc1cc(C)cc(Nc2ccc(NC(=O)Cc3cccs3)nn2)c1. The van der Waals surface area contributed by atoms with Crippen molar-refractivity contribution in [3.63, 3.8) is 0 Å². The average Bonchev–Trinajstić information content (AvgIpc) is 3.01. The van der Waals surface area contributed by atoms with Gasteiger partial charge in [-0.15, -0.1) is 21.5 Å². The molecule has 0 aliphatic carbocycles. The number of carbonyl (C=O) groups is 1. The number of anilines is 3. The minimum absolute atomic E-state index is 0.0956. The van der Waals surface area contributed by atoms with Crippen LogP contribution in [0.1, 0.15) is 16.0 Å². The number of aryl methyl sites for hydroxylation is 2. The lowest BCUT2D eigenvalue weighted by Gasteiger charge is -2.08. The second kappa shape index (κ2) is 7.23. The molecule has 1 amide bonds. The minimum atomic E-state index is -0.0956. The van der Waals surface area contributed by atoms with Crippen molar-refractivity contribution in [2.45, 2.75) is 20.3 Å². The zero-order valence-electron chi connectivity index (χ0n) is 13.5. The van der Waals surface area contributed by atoms with E-state index in [9.17, 15) is 4.79 Å². The summed E-state index contributed by atoms with van der Waals surface area (Å²) in [5, 5.41) is 16.1. The van der Waals surface area contributed by atoms with Crippen molar-refractivity contribution in [1.29, 1.82) is 0 Å². The molecule has 0 bridgehead atoms. The van der Waals surface area contributed by atoms with E-state index in [1.807, 2.05) is 29.6 Å². The third-order valence-electron chi connectivity index (χ3n) is 3.34. The number of rotatable bonds is 5. The Labute approximate surface area is 144 Å². The summed E-state index contributed by atoms with van der Waals surface area (Å²) in [6, 6.07) is 13.6. The fourth-order valence-corrected chi connectivity index (χ4v) is 3.12. The van der Waals surface area contributed by atoms with Gasteiger partial charge in [-0.05, 0) is 60.7 Å². The highest BCUT2D eigenvalue weighted by Gasteiger charge is 2.06. The molecule has 0 aliphatic heterocycles. The fraction of sp³-hybridized carbons (Fsp3) is 0.167. The number of aromatic nitrogens is 2. The lowest BCUT2D eigenvalue weighted by Crippen LogP contribution is -2.15. The van der Waals surface area contributed by atoms with E-state index in [1.54, 1.807) is 23.5 Å². The number of hydrogen-bond donors (Lipinski definition) is 2. The number of nitrogens with zero attached hydrogens (tertiary/aromatic N) is 2. The van der Waals surface area contributed by atoms with Crippen molar-refractivity contribution in [3.05, 3.63) is 63.8 Å². The molecule has 0 unspecified atom stereocenters. The fourth-order valence-electron chi connectivity index (χ4n) is 2.42. The van der Waals surface area contributed by atoms with E-state index in [2.05, 4.69) is 40.7 Å². The lowest BCUT2D eigenvalue weighted by molar-refractivity contribution is -0.115. The molecule has 122 valence electrons. The van der Waals surface area contributed by atoms with Gasteiger partial charge in [-0.2, -0.15) is 0 Å². The van der Waals surface area contributed by atoms with Crippen molar-refractivity contribution in [1.82, 2.24) is 10.2 Å². The van der Waals surface area contributed by atoms with Crippen molar-refractivity contribution in [2.75, 3.05) is 10.6 Å². The van der Waals surface area contributed by atoms with E-state index < -0.39 is 0 Å². The highest BCUT2D eigenvalue weighted by Crippen LogP contribution is 2.18. The number of hydrogen-bond acceptors (Lipinski definition) is 5. The molecule has 0 spiro atoms. The number of nitrogens with one attached hydrogen (secondary N) is 2. The highest BCUT2D eigenvalue weighted by molar-refractivity contribution is 7.10. The number of benzene rings is 1. The van der Waals surface area contributed by atoms with Gasteiger partial charge in [-0.25, -0.2) is 0 Å². The van der Waals surface area contributed by atoms with Crippen LogP contribution >= 0.6 is 11.3 Å². The molecule has 2 N–H and O–H groups in total. The first-order valence-electron chi connectivity index (χ1n) is 7.60. The maximum absolute atomic E-state index is 11.9. The Morgan fingerprint density at radius 2 is 1.75 bits per heavy atom. The first kappa shape index (κ1) is 16.1. The van der Waals surface area contributed by atoms with Crippen LogP contribution in [-0.4, -0.2) is 16.1 Å². The van der Waals surface area contributed by atoms with Gasteiger partial charge >= 0.3 is 0 Å². The van der Waals surface area contributed by atoms with Gasteiger partial charge in [0.2, 0.25) is 5.91 Å². The number of amides is 1. The first-order valence-corrected chi connectivity index (χ1v) is 8.48. The molecule has 3 rings (SSSR count). The molecule has 0 atom stereocenters. The molecule has 2 aromatic heterocycles. The molecule has 1 aromatic carbocycles. The summed E-state index contributed by atoms with van der Waals surface area (Å²) in [4.78, 5) is 13.0. The van der Waals surface area contributed by atoms with E-state index in [-0.39, 0.29) is 5.91 Å². The normalized spacial score (nSPS) is 10.4. The van der Waals surface area contributed by atoms with Crippen LogP contribution < -0.4 is 10.6 Å². The van der Waals surface area contributed by atoms with E-state index in [1.165, 1.54) is 11.1 Å². The third kappa shape index (κ3) is 4.39. The number of thiophene rings is 1. The maximum Gasteiger partial charge on any atom is 0.230 e.